The Hall–Kier alpha value is -1.66. The van der Waals surface area contributed by atoms with Gasteiger partial charge in [0.05, 0.1) is 18.8 Å². The molecule has 0 saturated heterocycles. The van der Waals surface area contributed by atoms with E-state index in [0.717, 1.165) is 25.8 Å². The number of unbranched alkanes of at least 4 members (excludes halogenated alkanes) is 11. The van der Waals surface area contributed by atoms with Crippen LogP contribution >= 0.6 is 0 Å². The predicted octanol–water partition coefficient (Wildman–Crippen LogP) is 6.70. The van der Waals surface area contributed by atoms with Crippen LogP contribution in [0.4, 0.5) is 0 Å². The molecule has 2 rings (SSSR count). The summed E-state index contributed by atoms with van der Waals surface area (Å²) in [5, 5.41) is -0.892. The van der Waals surface area contributed by atoms with Crippen molar-refractivity contribution in [1.82, 2.24) is 4.57 Å². The molecule has 1 unspecified atom stereocenters. The van der Waals surface area contributed by atoms with Crippen molar-refractivity contribution < 1.29 is 17.5 Å². The Morgan fingerprint density at radius 2 is 1.36 bits per heavy atom. The third-order valence-corrected chi connectivity index (χ3v) is 7.23. The molecule has 0 spiro atoms. The number of hydrogen-bond acceptors (Lipinski definition) is 3. The Kier molecular flexibility index (Phi) is 15.8. The Balaban J connectivity index is 0.000000568. The van der Waals surface area contributed by atoms with Gasteiger partial charge in [-0.1, -0.05) is 114 Å². The fourth-order valence-corrected chi connectivity index (χ4v) is 4.95. The molecule has 2 aromatic rings. The molecule has 1 heterocycles. The molecule has 0 aliphatic heterocycles. The van der Waals surface area contributed by atoms with E-state index in [2.05, 4.69) is 30.9 Å². The summed E-state index contributed by atoms with van der Waals surface area (Å²) < 4.78 is 38.7. The highest BCUT2D eigenvalue weighted by Gasteiger charge is 2.17. The molecule has 0 fully saturated rings. The van der Waals surface area contributed by atoms with Crippen molar-refractivity contribution in [1.29, 1.82) is 0 Å². The quantitative estimate of drug-likeness (QED) is 0.153. The third-order valence-electron chi connectivity index (χ3n) is 6.03. The zero-order valence-electron chi connectivity index (χ0n) is 21.1. The van der Waals surface area contributed by atoms with Crippen LogP contribution in [0.5, 0.6) is 0 Å². The molecular formula is C27H46N2O3S. The second-order valence-corrected chi connectivity index (χ2v) is 10.5. The first-order chi connectivity index (χ1) is 15.9. The van der Waals surface area contributed by atoms with E-state index in [1.807, 2.05) is 23.9 Å². The fraction of sp³-hybridized carbons (Fsp3) is 0.667. The van der Waals surface area contributed by atoms with Crippen molar-refractivity contribution in [2.75, 3.05) is 0 Å². The smallest absolute Gasteiger partial charge is 0.243 e. The highest BCUT2D eigenvalue weighted by Crippen LogP contribution is 2.27. The predicted molar refractivity (Wildman–Crippen MR) is 136 cm³/mol. The van der Waals surface area contributed by atoms with Crippen molar-refractivity contribution in [3.63, 3.8) is 0 Å². The molecule has 0 aliphatic carbocycles. The number of benzene rings is 1. The van der Waals surface area contributed by atoms with E-state index in [1.165, 1.54) is 57.8 Å². The SMILES string of the molecule is CCCCCCCCCCCCCCC(c1ccccc1)S(=O)(=O)[O-].CCn1cc[n+](C)c1. The van der Waals surface area contributed by atoms with E-state index in [1.54, 1.807) is 24.3 Å². The van der Waals surface area contributed by atoms with Crippen LogP contribution < -0.4 is 4.57 Å². The minimum absolute atomic E-state index is 0.438. The molecule has 6 heteroatoms. The van der Waals surface area contributed by atoms with Crippen molar-refractivity contribution >= 4 is 10.1 Å². The monoisotopic (exact) mass is 478 g/mol. The lowest BCUT2D eigenvalue weighted by molar-refractivity contribution is -0.671. The lowest BCUT2D eigenvalue weighted by atomic mass is 10.0. The van der Waals surface area contributed by atoms with Crippen LogP contribution in [-0.4, -0.2) is 17.5 Å². The van der Waals surface area contributed by atoms with Crippen LogP contribution in [0.15, 0.2) is 49.1 Å². The molecular weight excluding hydrogens is 432 g/mol. The van der Waals surface area contributed by atoms with Gasteiger partial charge in [-0.2, -0.15) is 0 Å². The van der Waals surface area contributed by atoms with Crippen LogP contribution in [0, 0.1) is 0 Å². The maximum atomic E-state index is 11.5. The summed E-state index contributed by atoms with van der Waals surface area (Å²) in [6, 6.07) is 8.88. The lowest BCUT2D eigenvalue weighted by Gasteiger charge is -2.21. The molecule has 0 bridgehead atoms. The van der Waals surface area contributed by atoms with Gasteiger partial charge in [0.15, 0.2) is 0 Å². The van der Waals surface area contributed by atoms with Crippen molar-refractivity contribution in [2.45, 2.75) is 109 Å². The zero-order valence-corrected chi connectivity index (χ0v) is 21.9. The van der Waals surface area contributed by atoms with Gasteiger partial charge < -0.3 is 4.55 Å². The van der Waals surface area contributed by atoms with Crippen LogP contribution in [0.1, 0.15) is 108 Å². The lowest BCUT2D eigenvalue weighted by Crippen LogP contribution is -2.23. The van der Waals surface area contributed by atoms with E-state index in [-0.39, 0.29) is 0 Å². The van der Waals surface area contributed by atoms with Gasteiger partial charge in [-0.05, 0) is 18.9 Å². The van der Waals surface area contributed by atoms with Gasteiger partial charge in [0.1, 0.15) is 22.5 Å². The summed E-state index contributed by atoms with van der Waals surface area (Å²) in [6.07, 6.45) is 21.5. The number of rotatable bonds is 16. The van der Waals surface area contributed by atoms with Gasteiger partial charge >= 0.3 is 0 Å². The number of aryl methyl sites for hydroxylation is 2. The van der Waals surface area contributed by atoms with Crippen LogP contribution in [0.2, 0.25) is 0 Å². The molecule has 5 nitrogen and oxygen atoms in total. The van der Waals surface area contributed by atoms with E-state index in [0.29, 0.717) is 12.0 Å². The number of hydrogen-bond donors (Lipinski definition) is 0. The van der Waals surface area contributed by atoms with Crippen molar-refractivity contribution in [3.05, 3.63) is 54.6 Å². The Morgan fingerprint density at radius 1 is 0.848 bits per heavy atom. The molecule has 0 N–H and O–H groups in total. The van der Waals surface area contributed by atoms with Crippen LogP contribution in [0.25, 0.3) is 0 Å². The minimum atomic E-state index is -4.28. The molecule has 0 saturated carbocycles. The minimum Gasteiger partial charge on any atom is -0.747 e. The Morgan fingerprint density at radius 3 is 1.76 bits per heavy atom. The molecule has 0 aliphatic rings. The highest BCUT2D eigenvalue weighted by atomic mass is 32.2. The van der Waals surface area contributed by atoms with Crippen LogP contribution in [0.3, 0.4) is 0 Å². The van der Waals surface area contributed by atoms with Crippen molar-refractivity contribution in [3.8, 4) is 0 Å². The number of nitrogens with zero attached hydrogens (tertiary/aromatic N) is 2. The Bertz CT molecular complexity index is 819. The molecule has 188 valence electrons. The standard InChI is InChI=1S/C21H36O3S.C6H11N2/c1-2-3-4-5-6-7-8-9-10-11-12-16-19-21(25(22,23)24)20-17-14-13-15-18-20;1-3-8-5-4-7(2)6-8/h13-15,17-18,21H,2-12,16,19H2,1H3,(H,22,23,24);4-6H,3H2,1-2H3/q;+1/p-1. The second-order valence-electron chi connectivity index (χ2n) is 8.98. The molecule has 1 aromatic carbocycles. The van der Waals surface area contributed by atoms with E-state index in [4.69, 9.17) is 0 Å². The van der Waals surface area contributed by atoms with E-state index in [9.17, 15) is 13.0 Å². The number of aromatic nitrogens is 2. The average Bonchev–Trinajstić information content (AvgIpc) is 3.22. The summed E-state index contributed by atoms with van der Waals surface area (Å²) >= 11 is 0. The van der Waals surface area contributed by atoms with Gasteiger partial charge in [-0.25, -0.2) is 17.6 Å². The zero-order chi connectivity index (χ0) is 24.4. The maximum Gasteiger partial charge on any atom is 0.243 e. The van der Waals surface area contributed by atoms with Crippen LogP contribution in [-0.2, 0) is 23.7 Å². The largest absolute Gasteiger partial charge is 0.747 e. The van der Waals surface area contributed by atoms with Gasteiger partial charge in [0.25, 0.3) is 0 Å². The first-order valence-electron chi connectivity index (χ1n) is 12.9. The van der Waals surface area contributed by atoms with E-state index < -0.39 is 15.4 Å². The second kappa shape index (κ2) is 17.8. The topological polar surface area (TPSA) is 66.0 Å². The summed E-state index contributed by atoms with van der Waals surface area (Å²) in [5.41, 5.74) is 0.626. The average molecular weight is 479 g/mol. The summed E-state index contributed by atoms with van der Waals surface area (Å²) in [5.74, 6) is 0. The molecule has 1 aromatic heterocycles. The number of imidazole rings is 1. The molecule has 0 amide bonds. The maximum absolute atomic E-state index is 11.5. The normalized spacial score (nSPS) is 12.2. The third kappa shape index (κ3) is 14.3. The first-order valence-corrected chi connectivity index (χ1v) is 14.4. The summed E-state index contributed by atoms with van der Waals surface area (Å²) in [4.78, 5) is 0. The fourth-order valence-electron chi connectivity index (χ4n) is 4.00. The van der Waals surface area contributed by atoms with Gasteiger partial charge in [-0.3, -0.25) is 0 Å². The first kappa shape index (κ1) is 29.4. The summed E-state index contributed by atoms with van der Waals surface area (Å²) in [7, 11) is -2.26. The Labute approximate surface area is 203 Å². The van der Waals surface area contributed by atoms with Crippen molar-refractivity contribution in [2.24, 2.45) is 7.05 Å². The van der Waals surface area contributed by atoms with Gasteiger partial charge in [-0.15, -0.1) is 0 Å². The summed E-state index contributed by atoms with van der Waals surface area (Å²) in [6.45, 7) is 5.43. The molecule has 0 radical (unpaired) electrons. The molecule has 33 heavy (non-hydrogen) atoms. The van der Waals surface area contributed by atoms with Gasteiger partial charge in [0.2, 0.25) is 6.33 Å². The molecule has 1 atom stereocenters. The highest BCUT2D eigenvalue weighted by molar-refractivity contribution is 7.86. The van der Waals surface area contributed by atoms with E-state index >= 15 is 0 Å². The van der Waals surface area contributed by atoms with Gasteiger partial charge in [0, 0.05) is 0 Å².